The summed E-state index contributed by atoms with van der Waals surface area (Å²) in [6.07, 6.45) is 2.19. The van der Waals surface area contributed by atoms with Crippen molar-refractivity contribution in [3.8, 4) is 0 Å². The van der Waals surface area contributed by atoms with Crippen LogP contribution in [0.15, 0.2) is 24.3 Å². The number of halogens is 2. The Hall–Kier alpha value is -1.85. The molecule has 1 aliphatic heterocycles. The first-order valence-corrected chi connectivity index (χ1v) is 9.04. The molecule has 132 valence electrons. The van der Waals surface area contributed by atoms with Crippen LogP contribution in [0.2, 0.25) is 10.0 Å². The van der Waals surface area contributed by atoms with Gasteiger partial charge in [-0.1, -0.05) is 30.1 Å². The van der Waals surface area contributed by atoms with Crippen LogP contribution in [0.3, 0.4) is 0 Å². The number of anilines is 2. The number of aryl methyl sites for hydroxylation is 1. The predicted molar refractivity (Wildman–Crippen MR) is 101 cm³/mol. The number of likely N-dealkylation sites (tertiary alicyclic amines) is 1. The summed E-state index contributed by atoms with van der Waals surface area (Å²) in [4.78, 5) is 23.4. The number of amides is 1. The highest BCUT2D eigenvalue weighted by molar-refractivity contribution is 6.35. The van der Waals surface area contributed by atoms with Crippen molar-refractivity contribution in [1.82, 2.24) is 14.9 Å². The zero-order valence-electron chi connectivity index (χ0n) is 14.2. The molecule has 0 spiro atoms. The van der Waals surface area contributed by atoms with Crippen LogP contribution in [-0.4, -0.2) is 33.9 Å². The minimum atomic E-state index is -0.0516. The summed E-state index contributed by atoms with van der Waals surface area (Å²) in [7, 11) is 0. The van der Waals surface area contributed by atoms with Crippen LogP contribution in [0.1, 0.15) is 35.9 Å². The fourth-order valence-corrected chi connectivity index (χ4v) is 3.55. The lowest BCUT2D eigenvalue weighted by atomic mass is 10.00. The van der Waals surface area contributed by atoms with Gasteiger partial charge in [-0.2, -0.15) is 0 Å². The van der Waals surface area contributed by atoms with Gasteiger partial charge in [0.1, 0.15) is 5.69 Å². The van der Waals surface area contributed by atoms with Crippen LogP contribution >= 0.6 is 23.2 Å². The van der Waals surface area contributed by atoms with Gasteiger partial charge in [0.05, 0.1) is 0 Å². The summed E-state index contributed by atoms with van der Waals surface area (Å²) in [6.45, 7) is 5.56. The fraction of sp³-hybridized carbons (Fsp3) is 0.389. The number of benzene rings is 1. The second-order valence-electron chi connectivity index (χ2n) is 6.50. The second kappa shape index (κ2) is 7.58. The van der Waals surface area contributed by atoms with Crippen molar-refractivity contribution < 1.29 is 4.79 Å². The maximum absolute atomic E-state index is 12.8. The lowest BCUT2D eigenvalue weighted by Crippen LogP contribution is -2.39. The largest absolute Gasteiger partial charge is 0.337 e. The SMILES string of the molecule is Cc1cc(C(=O)N2CCCC(C)C2)nc(Nc2cc(Cl)cc(Cl)c2)n1. The molecule has 0 radical (unpaired) electrons. The van der Waals surface area contributed by atoms with E-state index in [0.29, 0.717) is 33.3 Å². The number of carbonyl (C=O) groups is 1. The lowest BCUT2D eigenvalue weighted by molar-refractivity contribution is 0.0677. The molecule has 7 heteroatoms. The molecular weight excluding hydrogens is 359 g/mol. The third kappa shape index (κ3) is 4.61. The molecule has 2 aromatic rings. The Morgan fingerprint density at radius 2 is 1.92 bits per heavy atom. The van der Waals surface area contributed by atoms with E-state index in [-0.39, 0.29) is 5.91 Å². The Kier molecular flexibility index (Phi) is 5.45. The number of carbonyl (C=O) groups excluding carboxylic acids is 1. The molecular formula is C18H20Cl2N4O. The molecule has 1 fully saturated rings. The Balaban J connectivity index is 1.83. The molecule has 5 nitrogen and oxygen atoms in total. The molecule has 1 aromatic heterocycles. The van der Waals surface area contributed by atoms with Gasteiger partial charge in [-0.25, -0.2) is 9.97 Å². The predicted octanol–water partition coefficient (Wildman–Crippen LogP) is 4.71. The average molecular weight is 379 g/mol. The first-order valence-electron chi connectivity index (χ1n) is 8.29. The van der Waals surface area contributed by atoms with Gasteiger partial charge < -0.3 is 10.2 Å². The minimum Gasteiger partial charge on any atom is -0.337 e. The Morgan fingerprint density at radius 3 is 2.60 bits per heavy atom. The van der Waals surface area contributed by atoms with Crippen LogP contribution in [0, 0.1) is 12.8 Å². The summed E-state index contributed by atoms with van der Waals surface area (Å²) in [5, 5.41) is 4.10. The molecule has 0 bridgehead atoms. The summed E-state index contributed by atoms with van der Waals surface area (Å²) in [5.41, 5.74) is 1.80. The normalized spacial score (nSPS) is 17.4. The highest BCUT2D eigenvalue weighted by Crippen LogP contribution is 2.24. The third-order valence-corrected chi connectivity index (χ3v) is 4.57. The number of hydrogen-bond donors (Lipinski definition) is 1. The molecule has 1 unspecified atom stereocenters. The van der Waals surface area contributed by atoms with Gasteiger partial charge in [0.2, 0.25) is 5.95 Å². The zero-order valence-corrected chi connectivity index (χ0v) is 15.7. The minimum absolute atomic E-state index is 0.0516. The van der Waals surface area contributed by atoms with Crippen molar-refractivity contribution in [2.45, 2.75) is 26.7 Å². The van der Waals surface area contributed by atoms with E-state index >= 15 is 0 Å². The third-order valence-electron chi connectivity index (χ3n) is 4.14. The van der Waals surface area contributed by atoms with Crippen molar-refractivity contribution in [3.05, 3.63) is 45.7 Å². The number of hydrogen-bond acceptors (Lipinski definition) is 4. The molecule has 1 aromatic carbocycles. The smallest absolute Gasteiger partial charge is 0.272 e. The maximum atomic E-state index is 12.8. The monoisotopic (exact) mass is 378 g/mol. The number of nitrogens with zero attached hydrogens (tertiary/aromatic N) is 3. The highest BCUT2D eigenvalue weighted by Gasteiger charge is 2.23. The van der Waals surface area contributed by atoms with Gasteiger partial charge in [0.25, 0.3) is 5.91 Å². The van der Waals surface area contributed by atoms with E-state index < -0.39 is 0 Å². The van der Waals surface area contributed by atoms with Crippen LogP contribution in [0.25, 0.3) is 0 Å². The molecule has 1 aliphatic rings. The first kappa shape index (κ1) is 18.0. The molecule has 1 N–H and O–H groups in total. The van der Waals surface area contributed by atoms with Crippen molar-refractivity contribution in [2.75, 3.05) is 18.4 Å². The average Bonchev–Trinajstić information content (AvgIpc) is 2.52. The van der Waals surface area contributed by atoms with Crippen molar-refractivity contribution >= 4 is 40.7 Å². The zero-order chi connectivity index (χ0) is 18.0. The molecule has 1 atom stereocenters. The van der Waals surface area contributed by atoms with Gasteiger partial charge >= 0.3 is 0 Å². The molecule has 0 saturated carbocycles. The molecule has 0 aliphatic carbocycles. The van der Waals surface area contributed by atoms with Crippen LogP contribution in [-0.2, 0) is 0 Å². The number of nitrogens with one attached hydrogen (secondary N) is 1. The van der Waals surface area contributed by atoms with Crippen LogP contribution in [0.5, 0.6) is 0 Å². The fourth-order valence-electron chi connectivity index (χ4n) is 3.02. The summed E-state index contributed by atoms with van der Waals surface area (Å²) in [5.74, 6) is 0.822. The van der Waals surface area contributed by atoms with E-state index in [0.717, 1.165) is 31.6 Å². The number of rotatable bonds is 3. The molecule has 3 rings (SSSR count). The molecule has 1 amide bonds. The van der Waals surface area contributed by atoms with Gasteiger partial charge in [0, 0.05) is 34.5 Å². The molecule has 25 heavy (non-hydrogen) atoms. The Bertz CT molecular complexity index is 776. The second-order valence-corrected chi connectivity index (χ2v) is 7.37. The van der Waals surface area contributed by atoms with Crippen molar-refractivity contribution in [1.29, 1.82) is 0 Å². The molecule has 2 heterocycles. The van der Waals surface area contributed by atoms with Crippen molar-refractivity contribution in [2.24, 2.45) is 5.92 Å². The highest BCUT2D eigenvalue weighted by atomic mass is 35.5. The van der Waals surface area contributed by atoms with Crippen molar-refractivity contribution in [3.63, 3.8) is 0 Å². The van der Waals surface area contributed by atoms with Gasteiger partial charge in [-0.15, -0.1) is 0 Å². The van der Waals surface area contributed by atoms with E-state index in [1.54, 1.807) is 24.3 Å². The Labute approximate surface area is 157 Å². The van der Waals surface area contributed by atoms with E-state index in [4.69, 9.17) is 23.2 Å². The lowest BCUT2D eigenvalue weighted by Gasteiger charge is -2.30. The van der Waals surface area contributed by atoms with Crippen LogP contribution in [0.4, 0.5) is 11.6 Å². The molecule has 1 saturated heterocycles. The van der Waals surface area contributed by atoms with E-state index in [2.05, 4.69) is 22.2 Å². The van der Waals surface area contributed by atoms with Gasteiger partial charge in [0.15, 0.2) is 0 Å². The topological polar surface area (TPSA) is 58.1 Å². The number of aromatic nitrogens is 2. The standard InChI is InChI=1S/C18H20Cl2N4O/c1-11-4-3-5-24(10-11)17(25)16-6-12(2)21-18(23-16)22-15-8-13(19)7-14(20)9-15/h6-9,11H,3-5,10H2,1-2H3,(H,21,22,23). The number of piperidine rings is 1. The summed E-state index contributed by atoms with van der Waals surface area (Å²) < 4.78 is 0. The summed E-state index contributed by atoms with van der Waals surface area (Å²) >= 11 is 12.0. The first-order chi connectivity index (χ1) is 11.9. The van der Waals surface area contributed by atoms with Gasteiger partial charge in [-0.3, -0.25) is 4.79 Å². The van der Waals surface area contributed by atoms with E-state index in [1.807, 2.05) is 11.8 Å². The van der Waals surface area contributed by atoms with Crippen LogP contribution < -0.4 is 5.32 Å². The quantitative estimate of drug-likeness (QED) is 0.839. The van der Waals surface area contributed by atoms with E-state index in [9.17, 15) is 4.79 Å². The van der Waals surface area contributed by atoms with Gasteiger partial charge in [-0.05, 0) is 49.9 Å². The Morgan fingerprint density at radius 1 is 1.20 bits per heavy atom. The summed E-state index contributed by atoms with van der Waals surface area (Å²) in [6, 6.07) is 6.83. The van der Waals surface area contributed by atoms with E-state index in [1.165, 1.54) is 0 Å². The maximum Gasteiger partial charge on any atom is 0.272 e.